The molecule has 1 atom stereocenters. The Kier molecular flexibility index (Phi) is 5.15. The molecule has 4 heteroatoms. The average molecular weight is 132 g/mol. The summed E-state index contributed by atoms with van der Waals surface area (Å²) in [6.45, 7) is 1.18. The first-order valence-corrected chi connectivity index (χ1v) is 2.82. The molecule has 1 unspecified atom stereocenters. The van der Waals surface area contributed by atoms with Crippen molar-refractivity contribution in [3.05, 3.63) is 0 Å². The van der Waals surface area contributed by atoms with Crippen molar-refractivity contribution in [2.45, 2.75) is 12.5 Å². The van der Waals surface area contributed by atoms with Gasteiger partial charge in [-0.3, -0.25) is 4.79 Å². The highest BCUT2D eigenvalue weighted by Crippen LogP contribution is 1.83. The van der Waals surface area contributed by atoms with Gasteiger partial charge in [-0.15, -0.1) is 0 Å². The lowest BCUT2D eigenvalue weighted by atomic mass is 10.2. The Labute approximate surface area is 54.2 Å². The summed E-state index contributed by atoms with van der Waals surface area (Å²) in [5.74, 6) is 0. The largest absolute Gasteiger partial charge is 0.466 e. The quantitative estimate of drug-likeness (QED) is 0.462. The number of ether oxygens (including phenoxy) is 1. The third kappa shape index (κ3) is 5.26. The van der Waals surface area contributed by atoms with E-state index in [1.54, 1.807) is 0 Å². The van der Waals surface area contributed by atoms with Crippen LogP contribution in [-0.4, -0.2) is 25.7 Å². The second-order valence-corrected chi connectivity index (χ2v) is 1.77. The molecule has 0 aliphatic heterocycles. The minimum atomic E-state index is -0.111. The lowest BCUT2D eigenvalue weighted by Crippen LogP contribution is -2.28. The molecular formula is C5H12N2O2. The maximum absolute atomic E-state index is 9.60. The minimum Gasteiger partial charge on any atom is -0.466 e. The topological polar surface area (TPSA) is 78.3 Å². The Morgan fingerprint density at radius 2 is 2.33 bits per heavy atom. The van der Waals surface area contributed by atoms with Crippen LogP contribution in [0.1, 0.15) is 6.42 Å². The van der Waals surface area contributed by atoms with Crippen molar-refractivity contribution in [2.24, 2.45) is 11.5 Å². The molecule has 0 saturated carbocycles. The fourth-order valence-electron chi connectivity index (χ4n) is 0.460. The van der Waals surface area contributed by atoms with Crippen LogP contribution in [0, 0.1) is 0 Å². The van der Waals surface area contributed by atoms with Gasteiger partial charge in [-0.1, -0.05) is 0 Å². The molecule has 0 aromatic heterocycles. The molecule has 0 bridgehead atoms. The van der Waals surface area contributed by atoms with E-state index < -0.39 is 0 Å². The summed E-state index contributed by atoms with van der Waals surface area (Å²) >= 11 is 0. The van der Waals surface area contributed by atoms with E-state index in [9.17, 15) is 4.79 Å². The SMILES string of the molecule is NCCC(N)COC=O. The monoisotopic (exact) mass is 132 g/mol. The molecule has 0 aromatic rings. The Bertz CT molecular complexity index is 77.4. The van der Waals surface area contributed by atoms with Gasteiger partial charge in [0, 0.05) is 6.04 Å². The molecule has 0 spiro atoms. The number of carbonyl (C=O) groups excluding carboxylic acids is 1. The highest BCUT2D eigenvalue weighted by molar-refractivity contribution is 5.36. The van der Waals surface area contributed by atoms with Gasteiger partial charge in [-0.25, -0.2) is 0 Å². The first-order chi connectivity index (χ1) is 4.31. The number of carbonyl (C=O) groups is 1. The predicted octanol–water partition coefficient (Wildman–Crippen LogP) is -1.16. The van der Waals surface area contributed by atoms with Crippen molar-refractivity contribution in [2.75, 3.05) is 13.2 Å². The molecule has 0 fully saturated rings. The standard InChI is InChI=1S/C5H12N2O2/c6-2-1-5(7)3-9-4-8/h4-5H,1-3,6-7H2. The van der Waals surface area contributed by atoms with E-state index in [-0.39, 0.29) is 12.6 Å². The lowest BCUT2D eigenvalue weighted by molar-refractivity contribution is -0.129. The Morgan fingerprint density at radius 1 is 1.67 bits per heavy atom. The van der Waals surface area contributed by atoms with Gasteiger partial charge in [0.15, 0.2) is 0 Å². The van der Waals surface area contributed by atoms with Gasteiger partial charge >= 0.3 is 0 Å². The van der Waals surface area contributed by atoms with Crippen LogP contribution in [0.4, 0.5) is 0 Å². The van der Waals surface area contributed by atoms with Gasteiger partial charge in [-0.05, 0) is 13.0 Å². The van der Waals surface area contributed by atoms with Gasteiger partial charge in [0.25, 0.3) is 6.47 Å². The fourth-order valence-corrected chi connectivity index (χ4v) is 0.460. The molecule has 0 aromatic carbocycles. The van der Waals surface area contributed by atoms with Gasteiger partial charge in [0.05, 0.1) is 0 Å². The molecule has 0 rings (SSSR count). The first kappa shape index (κ1) is 8.39. The third-order valence-corrected chi connectivity index (χ3v) is 0.916. The molecule has 0 aliphatic carbocycles. The van der Waals surface area contributed by atoms with Crippen LogP contribution in [0.15, 0.2) is 0 Å². The zero-order chi connectivity index (χ0) is 7.11. The van der Waals surface area contributed by atoms with Gasteiger partial charge < -0.3 is 16.2 Å². The smallest absolute Gasteiger partial charge is 0.293 e. The number of hydrogen-bond acceptors (Lipinski definition) is 4. The summed E-state index contributed by atoms with van der Waals surface area (Å²) in [7, 11) is 0. The molecule has 0 radical (unpaired) electrons. The first-order valence-electron chi connectivity index (χ1n) is 2.82. The van der Waals surface area contributed by atoms with E-state index in [2.05, 4.69) is 4.74 Å². The molecule has 4 N–H and O–H groups in total. The van der Waals surface area contributed by atoms with E-state index in [0.29, 0.717) is 19.4 Å². The number of rotatable bonds is 5. The summed E-state index contributed by atoms with van der Waals surface area (Å²) in [4.78, 5) is 9.60. The van der Waals surface area contributed by atoms with E-state index in [0.717, 1.165) is 0 Å². The number of nitrogens with two attached hydrogens (primary N) is 2. The van der Waals surface area contributed by atoms with Crippen LogP contribution >= 0.6 is 0 Å². The summed E-state index contributed by atoms with van der Waals surface area (Å²) in [5, 5.41) is 0. The molecular weight excluding hydrogens is 120 g/mol. The Hall–Kier alpha value is -0.610. The normalized spacial score (nSPS) is 12.7. The zero-order valence-corrected chi connectivity index (χ0v) is 5.25. The molecule has 54 valence electrons. The predicted molar refractivity (Wildman–Crippen MR) is 33.7 cm³/mol. The van der Waals surface area contributed by atoms with E-state index in [4.69, 9.17) is 11.5 Å². The molecule has 0 saturated heterocycles. The minimum absolute atomic E-state index is 0.111. The molecule has 4 nitrogen and oxygen atoms in total. The zero-order valence-electron chi connectivity index (χ0n) is 5.25. The van der Waals surface area contributed by atoms with Crippen LogP contribution in [-0.2, 0) is 9.53 Å². The van der Waals surface area contributed by atoms with Gasteiger partial charge in [0.2, 0.25) is 0 Å². The van der Waals surface area contributed by atoms with Gasteiger partial charge in [0.1, 0.15) is 6.61 Å². The summed E-state index contributed by atoms with van der Waals surface area (Å²) < 4.78 is 4.39. The van der Waals surface area contributed by atoms with E-state index in [1.165, 1.54) is 0 Å². The Morgan fingerprint density at radius 3 is 2.78 bits per heavy atom. The Balaban J connectivity index is 3.04. The third-order valence-electron chi connectivity index (χ3n) is 0.916. The highest BCUT2D eigenvalue weighted by Gasteiger charge is 1.98. The second-order valence-electron chi connectivity index (χ2n) is 1.77. The molecule has 0 heterocycles. The van der Waals surface area contributed by atoms with E-state index >= 15 is 0 Å². The summed E-state index contributed by atoms with van der Waals surface area (Å²) in [5.41, 5.74) is 10.6. The highest BCUT2D eigenvalue weighted by atomic mass is 16.5. The van der Waals surface area contributed by atoms with Crippen molar-refractivity contribution >= 4 is 6.47 Å². The maximum atomic E-state index is 9.60. The number of hydrogen-bond donors (Lipinski definition) is 2. The summed E-state index contributed by atoms with van der Waals surface area (Å²) in [6, 6.07) is -0.111. The molecule has 9 heavy (non-hydrogen) atoms. The van der Waals surface area contributed by atoms with Crippen LogP contribution < -0.4 is 11.5 Å². The fraction of sp³-hybridized carbons (Fsp3) is 0.800. The molecule has 0 aliphatic rings. The second kappa shape index (κ2) is 5.53. The average Bonchev–Trinajstić information content (AvgIpc) is 1.85. The van der Waals surface area contributed by atoms with Crippen molar-refractivity contribution in [3.8, 4) is 0 Å². The van der Waals surface area contributed by atoms with Crippen LogP contribution in [0.5, 0.6) is 0 Å². The van der Waals surface area contributed by atoms with Crippen molar-refractivity contribution in [1.82, 2.24) is 0 Å². The lowest BCUT2D eigenvalue weighted by Gasteiger charge is -2.06. The van der Waals surface area contributed by atoms with Crippen LogP contribution in [0.3, 0.4) is 0 Å². The van der Waals surface area contributed by atoms with Crippen LogP contribution in [0.25, 0.3) is 0 Å². The van der Waals surface area contributed by atoms with Crippen molar-refractivity contribution in [1.29, 1.82) is 0 Å². The van der Waals surface area contributed by atoms with Crippen molar-refractivity contribution in [3.63, 3.8) is 0 Å². The molecule has 0 amide bonds. The van der Waals surface area contributed by atoms with E-state index in [1.807, 2.05) is 0 Å². The van der Waals surface area contributed by atoms with Crippen molar-refractivity contribution < 1.29 is 9.53 Å². The van der Waals surface area contributed by atoms with Gasteiger partial charge in [-0.2, -0.15) is 0 Å². The summed E-state index contributed by atoms with van der Waals surface area (Å²) in [6.07, 6.45) is 0.688. The maximum Gasteiger partial charge on any atom is 0.293 e. The van der Waals surface area contributed by atoms with Crippen LogP contribution in [0.2, 0.25) is 0 Å².